The maximum absolute atomic E-state index is 12.5. The van der Waals surface area contributed by atoms with Crippen LogP contribution in [0.4, 0.5) is 5.13 Å². The topological polar surface area (TPSA) is 53.5 Å². The number of hydrogen-bond acceptors (Lipinski definition) is 4. The second kappa shape index (κ2) is 6.50. The normalized spacial score (nSPS) is 17.6. The molecule has 2 amide bonds. The Labute approximate surface area is 139 Å². The van der Waals surface area contributed by atoms with E-state index in [1.807, 2.05) is 36.6 Å². The van der Waals surface area contributed by atoms with E-state index in [4.69, 9.17) is 0 Å². The van der Waals surface area contributed by atoms with Crippen molar-refractivity contribution >= 4 is 28.3 Å². The minimum Gasteiger partial charge on any atom is -0.338 e. The molecule has 1 atom stereocenters. The third-order valence-electron chi connectivity index (χ3n) is 4.09. The van der Waals surface area contributed by atoms with Crippen molar-refractivity contribution in [3.63, 3.8) is 0 Å². The van der Waals surface area contributed by atoms with E-state index in [9.17, 15) is 9.59 Å². The minimum absolute atomic E-state index is 0.0384. The van der Waals surface area contributed by atoms with Crippen LogP contribution in [0, 0.1) is 12.8 Å². The minimum atomic E-state index is -0.290. The van der Waals surface area contributed by atoms with Crippen LogP contribution in [0.5, 0.6) is 0 Å². The fourth-order valence-electron chi connectivity index (χ4n) is 2.75. The number of carbonyl (C=O) groups excluding carboxylic acids is 2. The highest BCUT2D eigenvalue weighted by atomic mass is 32.1. The number of hydrogen-bond donors (Lipinski definition) is 0. The molecular formula is C17H19N3O2S. The highest BCUT2D eigenvalue weighted by Gasteiger charge is 2.36. The van der Waals surface area contributed by atoms with Crippen molar-refractivity contribution in [3.8, 4) is 0 Å². The standard InChI is InChI=1S/C17H19N3O2S/c1-12-3-5-13(6-4-12)10-20-11-14(9-15(20)21)16(22)19(2)17-18-7-8-23-17/h3-8,14H,9-11H2,1-2H3/t14-/m1/s1. The molecule has 0 bridgehead atoms. The van der Waals surface area contributed by atoms with Gasteiger partial charge in [0.2, 0.25) is 11.8 Å². The Morgan fingerprint density at radius 2 is 2.13 bits per heavy atom. The molecule has 2 aromatic rings. The van der Waals surface area contributed by atoms with E-state index in [1.165, 1.54) is 16.9 Å². The molecule has 0 aliphatic carbocycles. The average Bonchev–Trinajstić information content (AvgIpc) is 3.19. The van der Waals surface area contributed by atoms with Crippen LogP contribution < -0.4 is 4.90 Å². The van der Waals surface area contributed by atoms with Gasteiger partial charge in [-0.2, -0.15) is 0 Å². The SMILES string of the molecule is Cc1ccc(CN2C[C@H](C(=O)N(C)c3nccs3)CC2=O)cc1. The van der Waals surface area contributed by atoms with Crippen LogP contribution in [0.3, 0.4) is 0 Å². The van der Waals surface area contributed by atoms with Crippen LogP contribution in [0.15, 0.2) is 35.8 Å². The molecule has 1 aliphatic rings. The Morgan fingerprint density at radius 3 is 2.78 bits per heavy atom. The molecule has 1 saturated heterocycles. The van der Waals surface area contributed by atoms with Gasteiger partial charge in [-0.05, 0) is 12.5 Å². The van der Waals surface area contributed by atoms with Gasteiger partial charge in [0.25, 0.3) is 0 Å². The lowest BCUT2D eigenvalue weighted by atomic mass is 10.1. The number of anilines is 1. The molecule has 3 rings (SSSR count). The lowest BCUT2D eigenvalue weighted by Gasteiger charge is -2.19. The summed E-state index contributed by atoms with van der Waals surface area (Å²) < 4.78 is 0. The van der Waals surface area contributed by atoms with Gasteiger partial charge in [0.15, 0.2) is 5.13 Å². The van der Waals surface area contributed by atoms with Crippen molar-refractivity contribution in [1.29, 1.82) is 0 Å². The molecule has 1 fully saturated rings. The molecule has 1 aromatic heterocycles. The smallest absolute Gasteiger partial charge is 0.233 e. The molecule has 0 spiro atoms. The molecule has 0 unspecified atom stereocenters. The molecule has 0 radical (unpaired) electrons. The number of amides is 2. The van der Waals surface area contributed by atoms with E-state index in [2.05, 4.69) is 4.98 Å². The predicted octanol–water partition coefficient (Wildman–Crippen LogP) is 2.46. The molecule has 2 heterocycles. The van der Waals surface area contributed by atoms with E-state index in [0.717, 1.165) is 5.56 Å². The molecule has 6 heteroatoms. The molecule has 0 N–H and O–H groups in total. The summed E-state index contributed by atoms with van der Waals surface area (Å²) in [7, 11) is 1.72. The fraction of sp³-hybridized carbons (Fsp3) is 0.353. The van der Waals surface area contributed by atoms with Crippen LogP contribution >= 0.6 is 11.3 Å². The summed E-state index contributed by atoms with van der Waals surface area (Å²) in [5.74, 6) is -0.294. The Bertz CT molecular complexity index is 697. The molecule has 0 saturated carbocycles. The summed E-state index contributed by atoms with van der Waals surface area (Å²) in [5.41, 5.74) is 2.28. The summed E-state index contributed by atoms with van der Waals surface area (Å²) in [5, 5.41) is 2.50. The summed E-state index contributed by atoms with van der Waals surface area (Å²) in [6, 6.07) is 8.13. The van der Waals surface area contributed by atoms with Crippen LogP contribution in [0.1, 0.15) is 17.5 Å². The third kappa shape index (κ3) is 3.42. The molecular weight excluding hydrogens is 310 g/mol. The first-order valence-electron chi connectivity index (χ1n) is 7.55. The van der Waals surface area contributed by atoms with Gasteiger partial charge in [-0.1, -0.05) is 29.8 Å². The fourth-order valence-corrected chi connectivity index (χ4v) is 3.37. The molecule has 1 aromatic carbocycles. The number of aryl methyl sites for hydroxylation is 1. The van der Waals surface area contributed by atoms with Gasteiger partial charge in [-0.25, -0.2) is 4.98 Å². The highest BCUT2D eigenvalue weighted by molar-refractivity contribution is 7.13. The Balaban J connectivity index is 1.65. The summed E-state index contributed by atoms with van der Waals surface area (Å²) in [6.45, 7) is 3.07. The predicted molar refractivity (Wildman–Crippen MR) is 90.2 cm³/mol. The van der Waals surface area contributed by atoms with Crippen molar-refractivity contribution in [2.75, 3.05) is 18.5 Å². The summed E-state index contributed by atoms with van der Waals surface area (Å²) >= 11 is 1.42. The Hall–Kier alpha value is -2.21. The third-order valence-corrected chi connectivity index (χ3v) is 4.94. The van der Waals surface area contributed by atoms with Crippen molar-refractivity contribution in [2.24, 2.45) is 5.92 Å². The maximum atomic E-state index is 12.5. The number of rotatable bonds is 4. The monoisotopic (exact) mass is 329 g/mol. The van der Waals surface area contributed by atoms with Crippen LogP contribution in [0.25, 0.3) is 0 Å². The Morgan fingerprint density at radius 1 is 1.39 bits per heavy atom. The van der Waals surface area contributed by atoms with Gasteiger partial charge < -0.3 is 4.90 Å². The van der Waals surface area contributed by atoms with Crippen molar-refractivity contribution in [1.82, 2.24) is 9.88 Å². The van der Waals surface area contributed by atoms with Gasteiger partial charge in [-0.3, -0.25) is 14.5 Å². The number of thiazole rings is 1. The van der Waals surface area contributed by atoms with Crippen molar-refractivity contribution in [2.45, 2.75) is 19.9 Å². The zero-order valence-electron chi connectivity index (χ0n) is 13.2. The van der Waals surface area contributed by atoms with E-state index in [-0.39, 0.29) is 24.2 Å². The number of nitrogens with zero attached hydrogens (tertiary/aromatic N) is 3. The molecule has 5 nitrogen and oxygen atoms in total. The quantitative estimate of drug-likeness (QED) is 0.866. The van der Waals surface area contributed by atoms with Crippen molar-refractivity contribution < 1.29 is 9.59 Å². The summed E-state index contributed by atoms with van der Waals surface area (Å²) in [4.78, 5) is 32.2. The first-order valence-corrected chi connectivity index (χ1v) is 8.43. The van der Waals surface area contributed by atoms with Gasteiger partial charge in [-0.15, -0.1) is 11.3 Å². The number of likely N-dealkylation sites (tertiary alicyclic amines) is 1. The average molecular weight is 329 g/mol. The van der Waals surface area contributed by atoms with Gasteiger partial charge in [0.1, 0.15) is 0 Å². The van der Waals surface area contributed by atoms with Crippen LogP contribution in [0.2, 0.25) is 0 Å². The Kier molecular flexibility index (Phi) is 4.43. The zero-order valence-corrected chi connectivity index (χ0v) is 14.0. The zero-order chi connectivity index (χ0) is 16.4. The maximum Gasteiger partial charge on any atom is 0.233 e. The first kappa shape index (κ1) is 15.7. The van der Waals surface area contributed by atoms with E-state index < -0.39 is 0 Å². The van der Waals surface area contributed by atoms with Crippen LogP contribution in [-0.4, -0.2) is 35.3 Å². The lowest BCUT2D eigenvalue weighted by molar-refractivity contribution is -0.128. The van der Waals surface area contributed by atoms with Gasteiger partial charge in [0.05, 0.1) is 5.92 Å². The second-order valence-electron chi connectivity index (χ2n) is 5.87. The van der Waals surface area contributed by atoms with Crippen LogP contribution in [-0.2, 0) is 16.1 Å². The van der Waals surface area contributed by atoms with E-state index >= 15 is 0 Å². The molecule has 23 heavy (non-hydrogen) atoms. The van der Waals surface area contributed by atoms with E-state index in [0.29, 0.717) is 18.2 Å². The summed E-state index contributed by atoms with van der Waals surface area (Å²) in [6.07, 6.45) is 1.95. The first-order chi connectivity index (χ1) is 11.0. The molecule has 1 aliphatic heterocycles. The lowest BCUT2D eigenvalue weighted by Crippen LogP contribution is -2.34. The van der Waals surface area contributed by atoms with E-state index in [1.54, 1.807) is 23.0 Å². The molecule has 120 valence electrons. The van der Waals surface area contributed by atoms with Gasteiger partial charge >= 0.3 is 0 Å². The largest absolute Gasteiger partial charge is 0.338 e. The number of benzene rings is 1. The number of aromatic nitrogens is 1. The van der Waals surface area contributed by atoms with Gasteiger partial charge in [0, 0.05) is 38.1 Å². The highest BCUT2D eigenvalue weighted by Crippen LogP contribution is 2.25. The second-order valence-corrected chi connectivity index (χ2v) is 6.75. The number of carbonyl (C=O) groups is 2. The van der Waals surface area contributed by atoms with Crippen molar-refractivity contribution in [3.05, 3.63) is 47.0 Å².